The number of benzene rings is 1. The van der Waals surface area contributed by atoms with Crippen LogP contribution in [0.15, 0.2) is 42.6 Å². The zero-order chi connectivity index (χ0) is 14.5. The minimum Gasteiger partial charge on any atom is -0.384 e. The summed E-state index contributed by atoms with van der Waals surface area (Å²) in [5.41, 5.74) is 7.45. The Kier molecular flexibility index (Phi) is 4.10. The largest absolute Gasteiger partial charge is 0.384 e. The number of pyridine rings is 2. The van der Waals surface area contributed by atoms with E-state index in [1.807, 2.05) is 30.3 Å². The molecule has 2 N–H and O–H groups in total. The Morgan fingerprint density at radius 1 is 1.05 bits per heavy atom. The van der Waals surface area contributed by atoms with E-state index in [-0.39, 0.29) is 0 Å². The molecule has 102 valence electrons. The number of amides is 1. The number of hydrogen-bond acceptors (Lipinski definition) is 4. The number of carbonyl (C=O) groups is 1. The van der Waals surface area contributed by atoms with Gasteiger partial charge in [0, 0.05) is 31.1 Å². The number of nitrogens with two attached hydrogens (primary N) is 1. The van der Waals surface area contributed by atoms with E-state index in [9.17, 15) is 4.79 Å². The SMILES string of the molecule is CN(C)C=O.Nc1ccc2ccc3cccnc3c2n1. The number of nitrogens with zero attached hydrogens (tertiary/aromatic N) is 3. The van der Waals surface area contributed by atoms with Crippen LogP contribution in [-0.4, -0.2) is 35.4 Å². The second-order valence-corrected chi connectivity index (χ2v) is 4.52. The predicted octanol–water partition coefficient (Wildman–Crippen LogP) is 2.07. The van der Waals surface area contributed by atoms with Gasteiger partial charge in [0.05, 0.1) is 11.0 Å². The minimum atomic E-state index is 0.528. The lowest BCUT2D eigenvalue weighted by atomic mass is 10.1. The third kappa shape index (κ3) is 3.00. The van der Waals surface area contributed by atoms with Gasteiger partial charge in [0.15, 0.2) is 0 Å². The Labute approximate surface area is 117 Å². The maximum absolute atomic E-state index is 9.43. The summed E-state index contributed by atoms with van der Waals surface area (Å²) in [7, 11) is 3.38. The van der Waals surface area contributed by atoms with E-state index in [4.69, 9.17) is 5.73 Å². The van der Waals surface area contributed by atoms with Gasteiger partial charge in [0.1, 0.15) is 5.82 Å². The molecule has 0 aliphatic carbocycles. The molecule has 0 saturated carbocycles. The van der Waals surface area contributed by atoms with Gasteiger partial charge >= 0.3 is 0 Å². The molecule has 0 bridgehead atoms. The maximum atomic E-state index is 9.43. The average Bonchev–Trinajstić information content (AvgIpc) is 2.47. The van der Waals surface area contributed by atoms with Crippen molar-refractivity contribution in [1.82, 2.24) is 14.9 Å². The van der Waals surface area contributed by atoms with E-state index in [0.717, 1.165) is 28.2 Å². The number of rotatable bonds is 1. The molecule has 1 aromatic carbocycles. The molecular formula is C15H16N4O. The summed E-state index contributed by atoms with van der Waals surface area (Å²) in [4.78, 5) is 19.5. The van der Waals surface area contributed by atoms with E-state index in [2.05, 4.69) is 9.97 Å². The molecule has 0 spiro atoms. The van der Waals surface area contributed by atoms with Gasteiger partial charge in [-0.05, 0) is 18.2 Å². The zero-order valence-corrected chi connectivity index (χ0v) is 11.4. The molecule has 2 heterocycles. The smallest absolute Gasteiger partial charge is 0.209 e. The summed E-state index contributed by atoms with van der Waals surface area (Å²) in [6, 6.07) is 11.8. The Hall–Kier alpha value is -2.69. The van der Waals surface area contributed by atoms with Gasteiger partial charge in [0.25, 0.3) is 0 Å². The third-order valence-corrected chi connectivity index (χ3v) is 2.66. The highest BCUT2D eigenvalue weighted by molar-refractivity contribution is 6.02. The summed E-state index contributed by atoms with van der Waals surface area (Å²) in [5.74, 6) is 0.528. The number of hydrogen-bond donors (Lipinski definition) is 1. The van der Waals surface area contributed by atoms with Crippen molar-refractivity contribution in [3.63, 3.8) is 0 Å². The first kappa shape index (κ1) is 13.7. The quantitative estimate of drug-likeness (QED) is 0.541. The number of carbonyl (C=O) groups excluding carboxylic acids is 1. The Balaban J connectivity index is 0.000000257. The van der Waals surface area contributed by atoms with Crippen molar-refractivity contribution in [2.24, 2.45) is 0 Å². The monoisotopic (exact) mass is 268 g/mol. The number of fused-ring (bicyclic) bond motifs is 3. The summed E-state index contributed by atoms with van der Waals surface area (Å²) in [5, 5.41) is 2.15. The molecule has 3 aromatic rings. The van der Waals surface area contributed by atoms with Gasteiger partial charge < -0.3 is 10.6 Å². The fraction of sp³-hybridized carbons (Fsp3) is 0.133. The zero-order valence-electron chi connectivity index (χ0n) is 11.4. The Bertz CT molecular complexity index is 740. The second kappa shape index (κ2) is 5.97. The van der Waals surface area contributed by atoms with Crippen molar-refractivity contribution in [3.05, 3.63) is 42.6 Å². The highest BCUT2D eigenvalue weighted by Gasteiger charge is 2.02. The van der Waals surface area contributed by atoms with Crippen LogP contribution in [0.1, 0.15) is 0 Å². The molecule has 1 amide bonds. The standard InChI is InChI=1S/C12H9N3.C3H7NO/c13-10-6-5-9-4-3-8-2-1-7-14-11(8)12(9)15-10;1-4(2)3-5/h1-7H,(H2,13,15);3H,1-2H3. The van der Waals surface area contributed by atoms with Crippen molar-refractivity contribution in [2.75, 3.05) is 19.8 Å². The molecule has 0 aliphatic heterocycles. The summed E-state index contributed by atoms with van der Waals surface area (Å²) >= 11 is 0. The maximum Gasteiger partial charge on any atom is 0.209 e. The molecular weight excluding hydrogens is 252 g/mol. The van der Waals surface area contributed by atoms with Gasteiger partial charge in [-0.25, -0.2) is 4.98 Å². The summed E-state index contributed by atoms with van der Waals surface area (Å²) in [6.45, 7) is 0. The van der Waals surface area contributed by atoms with Crippen molar-refractivity contribution in [1.29, 1.82) is 0 Å². The first-order valence-corrected chi connectivity index (χ1v) is 6.13. The summed E-state index contributed by atoms with van der Waals surface area (Å²) in [6.07, 6.45) is 2.52. The van der Waals surface area contributed by atoms with Crippen LogP contribution in [-0.2, 0) is 4.79 Å². The van der Waals surface area contributed by atoms with E-state index in [1.165, 1.54) is 4.90 Å². The average molecular weight is 268 g/mol. The summed E-state index contributed by atoms with van der Waals surface area (Å²) < 4.78 is 0. The third-order valence-electron chi connectivity index (χ3n) is 2.66. The van der Waals surface area contributed by atoms with E-state index in [1.54, 1.807) is 26.4 Å². The van der Waals surface area contributed by atoms with Crippen molar-refractivity contribution in [2.45, 2.75) is 0 Å². The normalized spacial score (nSPS) is 9.90. The molecule has 5 nitrogen and oxygen atoms in total. The lowest BCUT2D eigenvalue weighted by Gasteiger charge is -2.02. The highest BCUT2D eigenvalue weighted by atomic mass is 16.1. The molecule has 5 heteroatoms. The van der Waals surface area contributed by atoms with Crippen LogP contribution < -0.4 is 5.73 Å². The van der Waals surface area contributed by atoms with Crippen LogP contribution in [0.3, 0.4) is 0 Å². The molecule has 0 unspecified atom stereocenters. The minimum absolute atomic E-state index is 0.528. The molecule has 20 heavy (non-hydrogen) atoms. The Morgan fingerprint density at radius 2 is 1.65 bits per heavy atom. The van der Waals surface area contributed by atoms with Gasteiger partial charge in [-0.2, -0.15) is 0 Å². The van der Waals surface area contributed by atoms with Crippen molar-refractivity contribution >= 4 is 34.0 Å². The van der Waals surface area contributed by atoms with Crippen LogP contribution in [0.4, 0.5) is 5.82 Å². The van der Waals surface area contributed by atoms with Crippen LogP contribution in [0, 0.1) is 0 Å². The molecule has 0 radical (unpaired) electrons. The molecule has 0 atom stereocenters. The molecule has 0 fully saturated rings. The van der Waals surface area contributed by atoms with Crippen molar-refractivity contribution < 1.29 is 4.79 Å². The highest BCUT2D eigenvalue weighted by Crippen LogP contribution is 2.22. The van der Waals surface area contributed by atoms with E-state index < -0.39 is 0 Å². The van der Waals surface area contributed by atoms with E-state index in [0.29, 0.717) is 5.82 Å². The topological polar surface area (TPSA) is 72.1 Å². The van der Waals surface area contributed by atoms with Gasteiger partial charge in [-0.15, -0.1) is 0 Å². The van der Waals surface area contributed by atoms with Crippen LogP contribution in [0.25, 0.3) is 21.8 Å². The lowest BCUT2D eigenvalue weighted by molar-refractivity contribution is -0.115. The molecule has 2 aromatic heterocycles. The molecule has 0 aliphatic rings. The fourth-order valence-electron chi connectivity index (χ4n) is 1.74. The van der Waals surface area contributed by atoms with Crippen molar-refractivity contribution in [3.8, 4) is 0 Å². The van der Waals surface area contributed by atoms with Crippen LogP contribution in [0.2, 0.25) is 0 Å². The van der Waals surface area contributed by atoms with Gasteiger partial charge in [-0.3, -0.25) is 9.78 Å². The van der Waals surface area contributed by atoms with E-state index >= 15 is 0 Å². The van der Waals surface area contributed by atoms with Gasteiger partial charge in [-0.1, -0.05) is 18.2 Å². The first-order valence-electron chi connectivity index (χ1n) is 6.13. The Morgan fingerprint density at radius 3 is 2.30 bits per heavy atom. The molecule has 3 rings (SSSR count). The first-order chi connectivity index (χ1) is 9.61. The second-order valence-electron chi connectivity index (χ2n) is 4.52. The molecule has 0 saturated heterocycles. The van der Waals surface area contributed by atoms with Crippen LogP contribution in [0.5, 0.6) is 0 Å². The lowest BCUT2D eigenvalue weighted by Crippen LogP contribution is -2.06. The fourth-order valence-corrected chi connectivity index (χ4v) is 1.74. The predicted molar refractivity (Wildman–Crippen MR) is 81.2 cm³/mol. The van der Waals surface area contributed by atoms with Gasteiger partial charge in [0.2, 0.25) is 6.41 Å². The number of anilines is 1. The number of aromatic nitrogens is 2. The van der Waals surface area contributed by atoms with Crippen LogP contribution >= 0.6 is 0 Å². The number of nitrogen functional groups attached to an aromatic ring is 1.